The smallest absolute Gasteiger partial charge is 0.265 e. The Labute approximate surface area is 153 Å². The maximum atomic E-state index is 12.3. The standard InChI is InChI=1S/C21H23NO4/c1-3-19(23)16-7-10-20-18(13-16)22(21(24)14-26-20)11-4-12-25-17-8-5-15(2)6-9-17/h5-10,13H,3-4,11-12,14H2,1-2H3. The fourth-order valence-electron chi connectivity index (χ4n) is 2.87. The number of anilines is 1. The molecule has 0 atom stereocenters. The number of Topliss-reactive ketones (excluding diaryl/α,β-unsaturated/α-hetero) is 1. The lowest BCUT2D eigenvalue weighted by Gasteiger charge is -2.29. The van der Waals surface area contributed by atoms with Crippen LogP contribution in [0.2, 0.25) is 0 Å². The molecule has 0 aliphatic carbocycles. The minimum absolute atomic E-state index is 0.0207. The van der Waals surface area contributed by atoms with Crippen LogP contribution in [0.5, 0.6) is 11.5 Å². The molecule has 0 aromatic heterocycles. The van der Waals surface area contributed by atoms with E-state index in [0.29, 0.717) is 43.0 Å². The Morgan fingerprint density at radius 3 is 2.69 bits per heavy atom. The Balaban J connectivity index is 1.65. The lowest BCUT2D eigenvalue weighted by atomic mass is 10.1. The van der Waals surface area contributed by atoms with E-state index in [1.165, 1.54) is 5.56 Å². The van der Waals surface area contributed by atoms with E-state index < -0.39 is 0 Å². The van der Waals surface area contributed by atoms with Crippen molar-refractivity contribution in [3.8, 4) is 11.5 Å². The minimum Gasteiger partial charge on any atom is -0.494 e. The largest absolute Gasteiger partial charge is 0.494 e. The summed E-state index contributed by atoms with van der Waals surface area (Å²) in [4.78, 5) is 25.9. The van der Waals surface area contributed by atoms with Crippen molar-refractivity contribution >= 4 is 17.4 Å². The SMILES string of the molecule is CCC(=O)c1ccc2c(c1)N(CCCOc1ccc(C)cc1)C(=O)CO2. The molecule has 5 heteroatoms. The zero-order valence-electron chi connectivity index (χ0n) is 15.2. The van der Waals surface area contributed by atoms with Gasteiger partial charge in [-0.1, -0.05) is 24.6 Å². The van der Waals surface area contributed by atoms with Gasteiger partial charge in [-0.05, 0) is 43.7 Å². The Hall–Kier alpha value is -2.82. The molecule has 26 heavy (non-hydrogen) atoms. The number of ketones is 1. The van der Waals surface area contributed by atoms with Crippen LogP contribution in [0, 0.1) is 6.92 Å². The van der Waals surface area contributed by atoms with Gasteiger partial charge >= 0.3 is 0 Å². The molecule has 0 fully saturated rings. The molecule has 0 unspecified atom stereocenters. The molecule has 1 heterocycles. The number of hydrogen-bond acceptors (Lipinski definition) is 4. The van der Waals surface area contributed by atoms with Gasteiger partial charge in [-0.3, -0.25) is 9.59 Å². The highest BCUT2D eigenvalue weighted by molar-refractivity contribution is 6.01. The van der Waals surface area contributed by atoms with Gasteiger partial charge in [0, 0.05) is 18.5 Å². The van der Waals surface area contributed by atoms with Crippen LogP contribution in [0.4, 0.5) is 5.69 Å². The molecule has 1 amide bonds. The molecule has 5 nitrogen and oxygen atoms in total. The molecule has 0 saturated heterocycles. The molecule has 2 aromatic carbocycles. The maximum Gasteiger partial charge on any atom is 0.265 e. The van der Waals surface area contributed by atoms with Crippen LogP contribution in [-0.2, 0) is 4.79 Å². The summed E-state index contributed by atoms with van der Waals surface area (Å²) in [6.07, 6.45) is 1.11. The summed E-state index contributed by atoms with van der Waals surface area (Å²) in [6.45, 7) is 4.90. The second-order valence-corrected chi connectivity index (χ2v) is 6.31. The molecule has 0 bridgehead atoms. The molecular formula is C21H23NO4. The molecule has 0 saturated carbocycles. The van der Waals surface area contributed by atoms with Gasteiger partial charge in [-0.15, -0.1) is 0 Å². The van der Waals surface area contributed by atoms with Crippen molar-refractivity contribution in [3.05, 3.63) is 53.6 Å². The van der Waals surface area contributed by atoms with Gasteiger partial charge in [0.05, 0.1) is 12.3 Å². The van der Waals surface area contributed by atoms with E-state index in [4.69, 9.17) is 9.47 Å². The fraction of sp³-hybridized carbons (Fsp3) is 0.333. The van der Waals surface area contributed by atoms with Crippen LogP contribution >= 0.6 is 0 Å². The Bertz CT molecular complexity index is 798. The van der Waals surface area contributed by atoms with Crippen LogP contribution in [0.25, 0.3) is 0 Å². The number of amides is 1. The summed E-state index contributed by atoms with van der Waals surface area (Å²) in [7, 11) is 0. The molecule has 0 spiro atoms. The number of hydrogen-bond donors (Lipinski definition) is 0. The first-order chi connectivity index (χ1) is 12.6. The van der Waals surface area contributed by atoms with Crippen molar-refractivity contribution in [1.82, 2.24) is 0 Å². The van der Waals surface area contributed by atoms with Gasteiger partial charge in [0.2, 0.25) is 0 Å². The molecular weight excluding hydrogens is 330 g/mol. The van der Waals surface area contributed by atoms with E-state index >= 15 is 0 Å². The Morgan fingerprint density at radius 2 is 1.96 bits per heavy atom. The molecule has 1 aliphatic heterocycles. The molecule has 0 N–H and O–H groups in total. The summed E-state index contributed by atoms with van der Waals surface area (Å²) >= 11 is 0. The minimum atomic E-state index is -0.103. The molecule has 3 rings (SSSR count). The summed E-state index contributed by atoms with van der Waals surface area (Å²) < 4.78 is 11.2. The first-order valence-corrected chi connectivity index (χ1v) is 8.88. The molecule has 1 aliphatic rings. The Kier molecular flexibility index (Phi) is 5.56. The van der Waals surface area contributed by atoms with Gasteiger partial charge in [0.1, 0.15) is 11.5 Å². The Morgan fingerprint density at radius 1 is 1.19 bits per heavy atom. The van der Waals surface area contributed by atoms with Crippen molar-refractivity contribution in [2.45, 2.75) is 26.7 Å². The fourth-order valence-corrected chi connectivity index (χ4v) is 2.87. The number of carbonyl (C=O) groups is 2. The molecule has 136 valence electrons. The summed E-state index contributed by atoms with van der Waals surface area (Å²) in [6, 6.07) is 13.1. The first-order valence-electron chi connectivity index (χ1n) is 8.88. The number of carbonyl (C=O) groups excluding carboxylic acids is 2. The second-order valence-electron chi connectivity index (χ2n) is 6.31. The monoisotopic (exact) mass is 353 g/mol. The number of fused-ring (bicyclic) bond motifs is 1. The van der Waals surface area contributed by atoms with Gasteiger partial charge < -0.3 is 14.4 Å². The first kappa shape index (κ1) is 18.0. The highest BCUT2D eigenvalue weighted by Crippen LogP contribution is 2.33. The third-order valence-electron chi connectivity index (χ3n) is 4.36. The average molecular weight is 353 g/mol. The predicted octanol–water partition coefficient (Wildman–Crippen LogP) is 3.78. The number of nitrogens with zero attached hydrogens (tertiary/aromatic N) is 1. The van der Waals surface area contributed by atoms with E-state index in [2.05, 4.69) is 0 Å². The quantitative estimate of drug-likeness (QED) is 0.561. The molecule has 0 radical (unpaired) electrons. The van der Waals surface area contributed by atoms with Crippen molar-refractivity contribution in [3.63, 3.8) is 0 Å². The van der Waals surface area contributed by atoms with Gasteiger partial charge in [-0.2, -0.15) is 0 Å². The highest BCUT2D eigenvalue weighted by atomic mass is 16.5. The average Bonchev–Trinajstić information content (AvgIpc) is 2.67. The normalized spacial score (nSPS) is 13.2. The van der Waals surface area contributed by atoms with Crippen LogP contribution in [-0.4, -0.2) is 31.4 Å². The van der Waals surface area contributed by atoms with Crippen molar-refractivity contribution in [2.24, 2.45) is 0 Å². The lowest BCUT2D eigenvalue weighted by molar-refractivity contribution is -0.121. The zero-order chi connectivity index (χ0) is 18.5. The second kappa shape index (κ2) is 8.04. The lowest BCUT2D eigenvalue weighted by Crippen LogP contribution is -2.40. The number of benzene rings is 2. The summed E-state index contributed by atoms with van der Waals surface area (Å²) in [5, 5.41) is 0. The van der Waals surface area contributed by atoms with E-state index in [9.17, 15) is 9.59 Å². The third kappa shape index (κ3) is 4.04. The topological polar surface area (TPSA) is 55.8 Å². The van der Waals surface area contributed by atoms with Crippen molar-refractivity contribution in [2.75, 3.05) is 24.7 Å². The van der Waals surface area contributed by atoms with Crippen molar-refractivity contribution < 1.29 is 19.1 Å². The summed E-state index contributed by atoms with van der Waals surface area (Å²) in [5.74, 6) is 1.40. The summed E-state index contributed by atoms with van der Waals surface area (Å²) in [5.41, 5.74) is 2.45. The van der Waals surface area contributed by atoms with Crippen LogP contribution < -0.4 is 14.4 Å². The highest BCUT2D eigenvalue weighted by Gasteiger charge is 2.26. The van der Waals surface area contributed by atoms with Crippen LogP contribution in [0.15, 0.2) is 42.5 Å². The number of ether oxygens (including phenoxy) is 2. The molecule has 2 aromatic rings. The van der Waals surface area contributed by atoms with E-state index in [1.54, 1.807) is 23.1 Å². The maximum absolute atomic E-state index is 12.3. The van der Waals surface area contributed by atoms with Gasteiger partial charge in [0.15, 0.2) is 12.4 Å². The van der Waals surface area contributed by atoms with Gasteiger partial charge in [0.25, 0.3) is 5.91 Å². The zero-order valence-corrected chi connectivity index (χ0v) is 15.2. The van der Waals surface area contributed by atoms with Gasteiger partial charge in [-0.25, -0.2) is 0 Å². The van der Waals surface area contributed by atoms with Crippen molar-refractivity contribution in [1.29, 1.82) is 0 Å². The third-order valence-corrected chi connectivity index (χ3v) is 4.36. The van der Waals surface area contributed by atoms with Crippen LogP contribution in [0.3, 0.4) is 0 Å². The number of rotatable bonds is 7. The van der Waals surface area contributed by atoms with E-state index in [1.807, 2.05) is 38.1 Å². The number of aryl methyl sites for hydroxylation is 1. The van der Waals surface area contributed by atoms with E-state index in [-0.39, 0.29) is 18.3 Å². The predicted molar refractivity (Wildman–Crippen MR) is 100 cm³/mol. The van der Waals surface area contributed by atoms with Crippen LogP contribution in [0.1, 0.15) is 35.7 Å². The van der Waals surface area contributed by atoms with E-state index in [0.717, 1.165) is 5.75 Å².